The lowest BCUT2D eigenvalue weighted by molar-refractivity contribution is -0.149. The summed E-state index contributed by atoms with van der Waals surface area (Å²) in [5.74, 6) is -1.83. The van der Waals surface area contributed by atoms with Gasteiger partial charge in [-0.1, -0.05) is 45.4 Å². The van der Waals surface area contributed by atoms with E-state index >= 15 is 0 Å². The maximum atomic E-state index is 14.3. The van der Waals surface area contributed by atoms with Crippen LogP contribution in [0.3, 0.4) is 0 Å². The molecule has 1 saturated carbocycles. The van der Waals surface area contributed by atoms with E-state index in [0.717, 1.165) is 25.7 Å². The Morgan fingerprint density at radius 2 is 1.89 bits per heavy atom. The van der Waals surface area contributed by atoms with Crippen molar-refractivity contribution in [3.63, 3.8) is 0 Å². The van der Waals surface area contributed by atoms with Gasteiger partial charge in [0.2, 0.25) is 11.8 Å². The molecule has 1 aromatic heterocycles. The van der Waals surface area contributed by atoms with E-state index < -0.39 is 53.0 Å². The second-order valence-corrected chi connectivity index (χ2v) is 13.4. The molecule has 2 aliphatic rings. The highest BCUT2D eigenvalue weighted by Crippen LogP contribution is 2.32. The Morgan fingerprint density at radius 3 is 2.51 bits per heavy atom. The van der Waals surface area contributed by atoms with Crippen molar-refractivity contribution in [2.24, 2.45) is 5.41 Å². The van der Waals surface area contributed by atoms with Gasteiger partial charge in [-0.3, -0.25) is 14.6 Å². The molecule has 1 aromatic carbocycles. The quantitative estimate of drug-likeness (QED) is 0.282. The molecule has 3 N–H and O–H groups in total. The lowest BCUT2D eigenvalue weighted by atomic mass is 9.85. The fraction of sp³-hybridized carbons (Fsp3) is 0.545. The number of aromatic nitrogens is 1. The SMILES string of the molecule is C=CC[C@@](CC)(NC(=O)[C@@H]1C[C@@H](Oc2ccnc3cc(Cl)ccc23)CN1C(=O)[C@@H](NC(=O)OC1CCCC1)C(C)(C)C)C(=O)O. The summed E-state index contributed by atoms with van der Waals surface area (Å²) < 4.78 is 12.0. The topological polar surface area (TPSA) is 147 Å². The van der Waals surface area contributed by atoms with Crippen molar-refractivity contribution in [2.45, 2.75) is 102 Å². The van der Waals surface area contributed by atoms with Crippen LogP contribution < -0.4 is 15.4 Å². The molecule has 244 valence electrons. The van der Waals surface area contributed by atoms with Crippen molar-refractivity contribution < 1.29 is 33.8 Å². The number of likely N-dealkylation sites (tertiary alicyclic amines) is 1. The monoisotopic (exact) mass is 642 g/mol. The van der Waals surface area contributed by atoms with E-state index in [2.05, 4.69) is 22.2 Å². The van der Waals surface area contributed by atoms with E-state index in [1.165, 1.54) is 11.0 Å². The Balaban J connectivity index is 1.64. The number of pyridine rings is 1. The zero-order chi connectivity index (χ0) is 32.9. The molecular formula is C33H43ClN4O7. The maximum absolute atomic E-state index is 14.3. The number of nitrogens with zero attached hydrogens (tertiary/aromatic N) is 2. The molecule has 0 spiro atoms. The van der Waals surface area contributed by atoms with Crippen LogP contribution in [0, 0.1) is 5.41 Å². The third kappa shape index (κ3) is 7.87. The number of carbonyl (C=O) groups is 4. The van der Waals surface area contributed by atoms with E-state index in [4.69, 9.17) is 21.1 Å². The summed E-state index contributed by atoms with van der Waals surface area (Å²) in [6, 6.07) is 4.81. The first kappa shape index (κ1) is 34.0. The van der Waals surface area contributed by atoms with Crippen molar-refractivity contribution in [1.29, 1.82) is 0 Å². The van der Waals surface area contributed by atoms with Crippen molar-refractivity contribution in [1.82, 2.24) is 20.5 Å². The zero-order valence-electron chi connectivity index (χ0n) is 26.3. The molecule has 2 fully saturated rings. The molecule has 4 atom stereocenters. The number of benzene rings is 1. The van der Waals surface area contributed by atoms with Crippen LogP contribution in [0.2, 0.25) is 5.02 Å². The Bertz CT molecular complexity index is 1440. The van der Waals surface area contributed by atoms with Crippen LogP contribution in [-0.4, -0.2) is 75.2 Å². The number of carbonyl (C=O) groups excluding carboxylic acids is 3. The number of alkyl carbamates (subject to hydrolysis) is 1. The highest BCUT2D eigenvalue weighted by atomic mass is 35.5. The molecule has 1 aliphatic carbocycles. The third-order valence-electron chi connectivity index (χ3n) is 8.63. The summed E-state index contributed by atoms with van der Waals surface area (Å²) in [4.78, 5) is 59.1. The largest absolute Gasteiger partial charge is 0.488 e. The van der Waals surface area contributed by atoms with Gasteiger partial charge in [0.1, 0.15) is 35.6 Å². The van der Waals surface area contributed by atoms with Crippen LogP contribution in [-0.2, 0) is 19.1 Å². The number of fused-ring (bicyclic) bond motifs is 1. The molecule has 0 unspecified atom stereocenters. The Hall–Kier alpha value is -3.86. The van der Waals surface area contributed by atoms with Gasteiger partial charge in [0, 0.05) is 23.0 Å². The van der Waals surface area contributed by atoms with Gasteiger partial charge in [0.05, 0.1) is 12.1 Å². The van der Waals surface area contributed by atoms with E-state index in [-0.39, 0.29) is 31.9 Å². The second kappa shape index (κ2) is 14.1. The van der Waals surface area contributed by atoms with Crippen LogP contribution in [0.25, 0.3) is 10.9 Å². The summed E-state index contributed by atoms with van der Waals surface area (Å²) >= 11 is 6.15. The molecule has 2 heterocycles. The van der Waals surface area contributed by atoms with Crippen LogP contribution in [0.4, 0.5) is 4.79 Å². The number of rotatable bonds is 11. The number of aliphatic carboxylic acids is 1. The second-order valence-electron chi connectivity index (χ2n) is 12.9. The van der Waals surface area contributed by atoms with Gasteiger partial charge in [-0.2, -0.15) is 0 Å². The van der Waals surface area contributed by atoms with Gasteiger partial charge in [0.15, 0.2) is 0 Å². The first-order valence-corrected chi connectivity index (χ1v) is 15.8. The number of halogens is 1. The van der Waals surface area contributed by atoms with E-state index in [1.54, 1.807) is 37.4 Å². The molecular weight excluding hydrogens is 600 g/mol. The lowest BCUT2D eigenvalue weighted by Crippen LogP contribution is -2.61. The molecule has 45 heavy (non-hydrogen) atoms. The number of amides is 3. The van der Waals surface area contributed by atoms with Crippen molar-refractivity contribution in [3.8, 4) is 5.75 Å². The van der Waals surface area contributed by atoms with Crippen LogP contribution in [0.1, 0.15) is 72.6 Å². The fourth-order valence-corrected chi connectivity index (χ4v) is 6.18. The van der Waals surface area contributed by atoms with Crippen LogP contribution >= 0.6 is 11.6 Å². The summed E-state index contributed by atoms with van der Waals surface area (Å²) in [7, 11) is 0. The normalized spacial score (nSPS) is 20.7. The van der Waals surface area contributed by atoms with E-state index in [9.17, 15) is 24.3 Å². The molecule has 0 radical (unpaired) electrons. The lowest BCUT2D eigenvalue weighted by Gasteiger charge is -2.36. The Kier molecular flexibility index (Phi) is 10.6. The number of nitrogens with one attached hydrogen (secondary N) is 2. The summed E-state index contributed by atoms with van der Waals surface area (Å²) in [6.45, 7) is 10.8. The van der Waals surface area contributed by atoms with E-state index in [1.807, 2.05) is 20.8 Å². The predicted octanol–water partition coefficient (Wildman–Crippen LogP) is 5.25. The number of carboxylic acid groups (broad SMARTS) is 1. The van der Waals surface area contributed by atoms with Crippen molar-refractivity contribution in [3.05, 3.63) is 48.1 Å². The van der Waals surface area contributed by atoms with Crippen molar-refractivity contribution >= 4 is 46.4 Å². The van der Waals surface area contributed by atoms with Gasteiger partial charge in [-0.15, -0.1) is 6.58 Å². The number of hydrogen-bond donors (Lipinski definition) is 3. The zero-order valence-corrected chi connectivity index (χ0v) is 27.1. The van der Waals surface area contributed by atoms with Gasteiger partial charge in [0.25, 0.3) is 0 Å². The summed E-state index contributed by atoms with van der Waals surface area (Å²) in [5.41, 5.74) is -1.72. The first-order valence-electron chi connectivity index (χ1n) is 15.4. The minimum atomic E-state index is -1.60. The van der Waals surface area contributed by atoms with Crippen LogP contribution in [0.15, 0.2) is 43.1 Å². The average molecular weight is 643 g/mol. The minimum absolute atomic E-state index is 0.00406. The molecule has 0 bridgehead atoms. The van der Waals surface area contributed by atoms with Gasteiger partial charge >= 0.3 is 12.1 Å². The summed E-state index contributed by atoms with van der Waals surface area (Å²) in [6.07, 6.45) is 5.21. The number of ether oxygens (including phenoxy) is 2. The Labute approximate surface area is 268 Å². The van der Waals surface area contributed by atoms with Crippen LogP contribution in [0.5, 0.6) is 5.75 Å². The standard InChI is InChI=1S/C33H43ClN4O7/c1-6-15-33(7-2,30(41)42)37-28(39)25-18-22(44-26-14-16-35-24-17-20(34)12-13-23(24)26)19-38(25)29(40)27(32(3,4)5)36-31(43)45-21-10-8-9-11-21/h6,12-14,16-17,21-22,25,27H,1,7-11,15,18-19H2,2-5H3,(H,36,43)(H,37,39)(H,41,42)/t22-,25+,27-,33-/m1/s1. The number of hydrogen-bond acceptors (Lipinski definition) is 7. The molecule has 11 nitrogen and oxygen atoms in total. The molecule has 2 aromatic rings. The molecule has 12 heteroatoms. The minimum Gasteiger partial charge on any atom is -0.488 e. The highest BCUT2D eigenvalue weighted by Gasteiger charge is 2.48. The average Bonchev–Trinajstić information content (AvgIpc) is 3.64. The smallest absolute Gasteiger partial charge is 0.408 e. The molecule has 4 rings (SSSR count). The van der Waals surface area contributed by atoms with Gasteiger partial charge < -0.3 is 30.1 Å². The maximum Gasteiger partial charge on any atom is 0.408 e. The van der Waals surface area contributed by atoms with Gasteiger partial charge in [-0.25, -0.2) is 9.59 Å². The number of carboxylic acids is 1. The Morgan fingerprint density at radius 1 is 1.18 bits per heavy atom. The summed E-state index contributed by atoms with van der Waals surface area (Å²) in [5, 5.41) is 16.7. The molecule has 1 aliphatic heterocycles. The third-order valence-corrected chi connectivity index (χ3v) is 8.86. The fourth-order valence-electron chi connectivity index (χ4n) is 6.02. The van der Waals surface area contributed by atoms with Crippen molar-refractivity contribution in [2.75, 3.05) is 6.54 Å². The molecule has 3 amide bonds. The predicted molar refractivity (Wildman–Crippen MR) is 170 cm³/mol. The van der Waals surface area contributed by atoms with E-state index in [0.29, 0.717) is 21.7 Å². The highest BCUT2D eigenvalue weighted by molar-refractivity contribution is 6.31. The molecule has 1 saturated heterocycles. The first-order chi connectivity index (χ1) is 21.3. The van der Waals surface area contributed by atoms with Gasteiger partial charge in [-0.05, 0) is 68.2 Å².